The van der Waals surface area contributed by atoms with Gasteiger partial charge in [-0.05, 0) is 56.5 Å². The van der Waals surface area contributed by atoms with Crippen molar-refractivity contribution in [1.82, 2.24) is 9.97 Å². The minimum absolute atomic E-state index is 0.753. The van der Waals surface area contributed by atoms with E-state index in [-0.39, 0.29) is 0 Å². The lowest BCUT2D eigenvalue weighted by molar-refractivity contribution is 0.788. The molecular formula is C22H26N4. The normalized spacial score (nSPS) is 10.6. The molecule has 0 aliphatic carbocycles. The quantitative estimate of drug-likeness (QED) is 0.668. The zero-order chi connectivity index (χ0) is 18.5. The largest absolute Gasteiger partial charge is 0.340 e. The molecule has 0 saturated heterocycles. The molecule has 1 aromatic heterocycles. The second-order valence-electron chi connectivity index (χ2n) is 6.70. The van der Waals surface area contributed by atoms with Crippen LogP contribution >= 0.6 is 0 Å². The SMILES string of the molecule is CCN(Cc1ccccc1)c1nc(C)cc(Nc2cc(C)cc(C)c2)n1. The maximum absolute atomic E-state index is 4.76. The molecule has 0 aliphatic heterocycles. The molecule has 1 N–H and O–H groups in total. The highest BCUT2D eigenvalue weighted by Crippen LogP contribution is 2.21. The summed E-state index contributed by atoms with van der Waals surface area (Å²) in [6.07, 6.45) is 0. The molecule has 0 radical (unpaired) electrons. The molecule has 0 fully saturated rings. The summed E-state index contributed by atoms with van der Waals surface area (Å²) < 4.78 is 0. The Hall–Kier alpha value is -2.88. The highest BCUT2D eigenvalue weighted by Gasteiger charge is 2.11. The molecule has 26 heavy (non-hydrogen) atoms. The first-order chi connectivity index (χ1) is 12.5. The molecule has 4 heteroatoms. The Morgan fingerprint density at radius 3 is 2.23 bits per heavy atom. The number of aromatic nitrogens is 2. The smallest absolute Gasteiger partial charge is 0.227 e. The average molecular weight is 346 g/mol. The van der Waals surface area contributed by atoms with Gasteiger partial charge in [0, 0.05) is 30.5 Å². The Kier molecular flexibility index (Phi) is 5.52. The molecule has 4 nitrogen and oxygen atoms in total. The summed E-state index contributed by atoms with van der Waals surface area (Å²) in [7, 11) is 0. The molecule has 0 bridgehead atoms. The van der Waals surface area contributed by atoms with Crippen molar-refractivity contribution in [3.8, 4) is 0 Å². The van der Waals surface area contributed by atoms with E-state index in [0.29, 0.717) is 0 Å². The summed E-state index contributed by atoms with van der Waals surface area (Å²) in [6.45, 7) is 9.99. The third-order valence-corrected chi connectivity index (χ3v) is 4.22. The Morgan fingerprint density at radius 1 is 0.885 bits per heavy atom. The minimum Gasteiger partial charge on any atom is -0.340 e. The fourth-order valence-corrected chi connectivity index (χ4v) is 3.08. The summed E-state index contributed by atoms with van der Waals surface area (Å²) in [5, 5.41) is 3.43. The standard InChI is InChI=1S/C22H26N4/c1-5-26(15-19-9-7-6-8-10-19)22-23-18(4)14-21(25-22)24-20-12-16(2)11-17(3)13-20/h6-14H,5,15H2,1-4H3,(H,23,24,25). The van der Waals surface area contributed by atoms with E-state index >= 15 is 0 Å². The van der Waals surface area contributed by atoms with Crippen molar-refractivity contribution < 1.29 is 0 Å². The van der Waals surface area contributed by atoms with Crippen molar-refractivity contribution in [2.45, 2.75) is 34.2 Å². The molecule has 3 aromatic rings. The van der Waals surface area contributed by atoms with Crippen LogP contribution in [0, 0.1) is 20.8 Å². The third-order valence-electron chi connectivity index (χ3n) is 4.22. The van der Waals surface area contributed by atoms with Crippen LogP contribution in [0.25, 0.3) is 0 Å². The van der Waals surface area contributed by atoms with E-state index in [1.54, 1.807) is 0 Å². The molecular weight excluding hydrogens is 320 g/mol. The third kappa shape index (κ3) is 4.60. The van der Waals surface area contributed by atoms with E-state index in [1.165, 1.54) is 16.7 Å². The van der Waals surface area contributed by atoms with E-state index in [0.717, 1.165) is 36.2 Å². The van der Waals surface area contributed by atoms with Crippen LogP contribution in [0.1, 0.15) is 29.3 Å². The van der Waals surface area contributed by atoms with Crippen molar-refractivity contribution in [3.63, 3.8) is 0 Å². The first kappa shape index (κ1) is 17.9. The zero-order valence-electron chi connectivity index (χ0n) is 16.0. The highest BCUT2D eigenvalue weighted by molar-refractivity contribution is 5.59. The molecule has 2 aromatic carbocycles. The van der Waals surface area contributed by atoms with E-state index in [4.69, 9.17) is 4.98 Å². The van der Waals surface area contributed by atoms with Crippen molar-refractivity contribution in [2.24, 2.45) is 0 Å². The van der Waals surface area contributed by atoms with Gasteiger partial charge in [0.25, 0.3) is 0 Å². The maximum Gasteiger partial charge on any atom is 0.227 e. The summed E-state index contributed by atoms with van der Waals surface area (Å²) in [5.74, 6) is 1.58. The van der Waals surface area contributed by atoms with Crippen LogP contribution in [0.2, 0.25) is 0 Å². The van der Waals surface area contributed by atoms with Crippen molar-refractivity contribution in [2.75, 3.05) is 16.8 Å². The van der Waals surface area contributed by atoms with Crippen LogP contribution < -0.4 is 10.2 Å². The Bertz CT molecular complexity index is 854. The van der Waals surface area contributed by atoms with Crippen LogP contribution in [-0.4, -0.2) is 16.5 Å². The van der Waals surface area contributed by atoms with Gasteiger partial charge in [0.2, 0.25) is 5.95 Å². The fraction of sp³-hybridized carbons (Fsp3) is 0.273. The number of benzene rings is 2. The van der Waals surface area contributed by atoms with Gasteiger partial charge in [-0.2, -0.15) is 4.98 Å². The van der Waals surface area contributed by atoms with Crippen LogP contribution in [-0.2, 0) is 6.54 Å². The number of hydrogen-bond donors (Lipinski definition) is 1. The summed E-state index contributed by atoms with van der Waals surface area (Å²) in [4.78, 5) is 11.6. The van der Waals surface area contributed by atoms with Gasteiger partial charge in [-0.1, -0.05) is 36.4 Å². The van der Waals surface area contributed by atoms with Gasteiger partial charge >= 0.3 is 0 Å². The van der Waals surface area contributed by atoms with Gasteiger partial charge in [0.05, 0.1) is 0 Å². The number of rotatable bonds is 6. The first-order valence-corrected chi connectivity index (χ1v) is 9.03. The molecule has 0 unspecified atom stereocenters. The predicted molar refractivity (Wildman–Crippen MR) is 109 cm³/mol. The number of nitrogens with zero attached hydrogens (tertiary/aromatic N) is 3. The number of hydrogen-bond acceptors (Lipinski definition) is 4. The molecule has 3 rings (SSSR count). The number of anilines is 3. The second-order valence-corrected chi connectivity index (χ2v) is 6.70. The molecule has 0 saturated carbocycles. The molecule has 134 valence electrons. The molecule has 0 spiro atoms. The average Bonchev–Trinajstić information content (AvgIpc) is 2.59. The van der Waals surface area contributed by atoms with Crippen molar-refractivity contribution >= 4 is 17.5 Å². The monoisotopic (exact) mass is 346 g/mol. The van der Waals surface area contributed by atoms with E-state index in [2.05, 4.69) is 78.4 Å². The fourth-order valence-electron chi connectivity index (χ4n) is 3.08. The topological polar surface area (TPSA) is 41.1 Å². The highest BCUT2D eigenvalue weighted by atomic mass is 15.3. The number of aryl methyl sites for hydroxylation is 3. The maximum atomic E-state index is 4.76. The van der Waals surface area contributed by atoms with Gasteiger partial charge < -0.3 is 10.2 Å². The Labute approximate surface area is 155 Å². The Balaban J connectivity index is 1.86. The van der Waals surface area contributed by atoms with Gasteiger partial charge in [0.15, 0.2) is 0 Å². The first-order valence-electron chi connectivity index (χ1n) is 9.03. The van der Waals surface area contributed by atoms with Gasteiger partial charge in [-0.3, -0.25) is 0 Å². The second kappa shape index (κ2) is 8.00. The predicted octanol–water partition coefficient (Wildman–Crippen LogP) is 5.17. The lowest BCUT2D eigenvalue weighted by atomic mass is 10.1. The molecule has 0 atom stereocenters. The Morgan fingerprint density at radius 2 is 1.58 bits per heavy atom. The molecule has 1 heterocycles. The lowest BCUT2D eigenvalue weighted by Crippen LogP contribution is -2.24. The van der Waals surface area contributed by atoms with Crippen LogP contribution in [0.5, 0.6) is 0 Å². The van der Waals surface area contributed by atoms with Crippen LogP contribution in [0.15, 0.2) is 54.6 Å². The molecule has 0 aliphatic rings. The van der Waals surface area contributed by atoms with Crippen molar-refractivity contribution in [3.05, 3.63) is 77.0 Å². The number of nitrogens with one attached hydrogen (secondary N) is 1. The zero-order valence-corrected chi connectivity index (χ0v) is 16.0. The minimum atomic E-state index is 0.753. The summed E-state index contributed by atoms with van der Waals surface area (Å²) in [6, 6.07) is 18.8. The lowest BCUT2D eigenvalue weighted by Gasteiger charge is -2.22. The van der Waals surface area contributed by atoms with Crippen molar-refractivity contribution in [1.29, 1.82) is 0 Å². The molecule has 0 amide bonds. The van der Waals surface area contributed by atoms with Crippen LogP contribution in [0.4, 0.5) is 17.5 Å². The summed E-state index contributed by atoms with van der Waals surface area (Å²) in [5.41, 5.74) is 5.73. The van der Waals surface area contributed by atoms with Gasteiger partial charge in [-0.25, -0.2) is 4.98 Å². The summed E-state index contributed by atoms with van der Waals surface area (Å²) >= 11 is 0. The van der Waals surface area contributed by atoms with Gasteiger partial charge in [0.1, 0.15) is 5.82 Å². The van der Waals surface area contributed by atoms with E-state index in [9.17, 15) is 0 Å². The van der Waals surface area contributed by atoms with E-state index < -0.39 is 0 Å². The van der Waals surface area contributed by atoms with Crippen LogP contribution in [0.3, 0.4) is 0 Å². The van der Waals surface area contributed by atoms with E-state index in [1.807, 2.05) is 19.1 Å². The van der Waals surface area contributed by atoms with Gasteiger partial charge in [-0.15, -0.1) is 0 Å².